The van der Waals surface area contributed by atoms with Crippen molar-refractivity contribution in [3.63, 3.8) is 0 Å². The predicted molar refractivity (Wildman–Crippen MR) is 219 cm³/mol. The van der Waals surface area contributed by atoms with Gasteiger partial charge in [0.2, 0.25) is 0 Å². The number of benzene rings is 7. The first-order valence-electron chi connectivity index (χ1n) is 18.2. The van der Waals surface area contributed by atoms with Crippen LogP contribution in [0.25, 0.3) is 61.4 Å². The number of rotatable bonds is 5. The minimum absolute atomic E-state index is 0.212. The van der Waals surface area contributed by atoms with E-state index in [2.05, 4.69) is 181 Å². The third kappa shape index (κ3) is 5.06. The molecule has 7 aromatic carbocycles. The molecular formula is C49H36N4. The summed E-state index contributed by atoms with van der Waals surface area (Å²) in [5.41, 5.74) is 14.4. The van der Waals surface area contributed by atoms with Crippen molar-refractivity contribution >= 4 is 38.9 Å². The van der Waals surface area contributed by atoms with Crippen LogP contribution in [0.2, 0.25) is 0 Å². The van der Waals surface area contributed by atoms with Crippen molar-refractivity contribution in [1.82, 2.24) is 14.5 Å². The van der Waals surface area contributed by atoms with Crippen molar-refractivity contribution in [2.45, 2.75) is 19.3 Å². The second-order valence-electron chi connectivity index (χ2n) is 14.3. The van der Waals surface area contributed by atoms with Gasteiger partial charge in [0, 0.05) is 44.3 Å². The van der Waals surface area contributed by atoms with Gasteiger partial charge in [-0.05, 0) is 65.7 Å². The van der Waals surface area contributed by atoms with Crippen molar-refractivity contribution in [2.24, 2.45) is 0 Å². The molecule has 0 aliphatic carbocycles. The molecule has 0 spiro atoms. The van der Waals surface area contributed by atoms with E-state index in [0.717, 1.165) is 39.5 Å². The van der Waals surface area contributed by atoms with Gasteiger partial charge in [-0.2, -0.15) is 0 Å². The van der Waals surface area contributed by atoms with Gasteiger partial charge in [0.1, 0.15) is 0 Å². The molecule has 3 heterocycles. The van der Waals surface area contributed by atoms with Gasteiger partial charge in [-0.15, -0.1) is 0 Å². The summed E-state index contributed by atoms with van der Waals surface area (Å²) in [7, 11) is 0. The van der Waals surface area contributed by atoms with Crippen LogP contribution in [0, 0.1) is 0 Å². The molecule has 252 valence electrons. The highest BCUT2D eigenvalue weighted by molar-refractivity contribution is 6.11. The third-order valence-corrected chi connectivity index (χ3v) is 10.8. The van der Waals surface area contributed by atoms with Gasteiger partial charge in [0.15, 0.2) is 5.82 Å². The summed E-state index contributed by atoms with van der Waals surface area (Å²) in [5.74, 6) is 0.715. The first-order chi connectivity index (χ1) is 26.0. The Morgan fingerprint density at radius 2 is 1.00 bits per heavy atom. The lowest BCUT2D eigenvalue weighted by atomic mass is 9.73. The number of nitrogens with zero attached hydrogens (tertiary/aromatic N) is 4. The number of anilines is 3. The summed E-state index contributed by atoms with van der Waals surface area (Å²) >= 11 is 0. The van der Waals surface area contributed by atoms with Crippen LogP contribution in [-0.4, -0.2) is 14.5 Å². The summed E-state index contributed by atoms with van der Waals surface area (Å²) < 4.78 is 2.42. The molecule has 53 heavy (non-hydrogen) atoms. The monoisotopic (exact) mass is 680 g/mol. The van der Waals surface area contributed by atoms with Crippen LogP contribution in [0.5, 0.6) is 0 Å². The van der Waals surface area contributed by atoms with Gasteiger partial charge in [-0.25, -0.2) is 9.97 Å². The van der Waals surface area contributed by atoms with E-state index in [-0.39, 0.29) is 5.41 Å². The van der Waals surface area contributed by atoms with Gasteiger partial charge in [-0.3, -0.25) is 0 Å². The molecule has 10 rings (SSSR count). The van der Waals surface area contributed by atoms with Crippen molar-refractivity contribution in [2.75, 3.05) is 4.90 Å². The van der Waals surface area contributed by atoms with E-state index in [9.17, 15) is 0 Å². The summed E-state index contributed by atoms with van der Waals surface area (Å²) in [6.07, 6.45) is 0. The summed E-state index contributed by atoms with van der Waals surface area (Å²) in [4.78, 5) is 12.5. The van der Waals surface area contributed by atoms with E-state index < -0.39 is 0 Å². The average Bonchev–Trinajstić information content (AvgIpc) is 3.55. The molecule has 9 aromatic rings. The fourth-order valence-corrected chi connectivity index (χ4v) is 8.14. The maximum atomic E-state index is 5.08. The Morgan fingerprint density at radius 3 is 1.72 bits per heavy atom. The fourth-order valence-electron chi connectivity index (χ4n) is 8.14. The van der Waals surface area contributed by atoms with E-state index in [1.807, 2.05) is 24.3 Å². The standard InChI is InChI=1S/C49H36N4/c1-49(2)40-23-13-15-25-45(40)53(36-20-10-5-11-21-36)47-30-39-38-22-12-14-24-44(38)52(46(39)31-41(47)49)37-28-26-34(27-29-37)43-32-42(33-16-6-3-7-17-33)50-48(51-43)35-18-8-4-9-19-35/h3-32H,1-2H3. The second kappa shape index (κ2) is 12.2. The molecule has 1 aliphatic heterocycles. The van der Waals surface area contributed by atoms with Crippen LogP contribution in [0.15, 0.2) is 182 Å². The number of aromatic nitrogens is 3. The molecule has 0 bridgehead atoms. The van der Waals surface area contributed by atoms with E-state index >= 15 is 0 Å². The van der Waals surface area contributed by atoms with Crippen LogP contribution in [0.4, 0.5) is 17.1 Å². The van der Waals surface area contributed by atoms with Crippen molar-refractivity contribution in [1.29, 1.82) is 0 Å². The molecule has 0 atom stereocenters. The molecule has 0 unspecified atom stereocenters. The van der Waals surface area contributed by atoms with Gasteiger partial charge in [-0.1, -0.05) is 141 Å². The van der Waals surface area contributed by atoms with E-state index in [1.165, 1.54) is 44.3 Å². The van der Waals surface area contributed by atoms with Gasteiger partial charge in [0.05, 0.1) is 33.8 Å². The highest BCUT2D eigenvalue weighted by Gasteiger charge is 2.37. The molecule has 0 saturated heterocycles. The lowest BCUT2D eigenvalue weighted by Crippen LogP contribution is -2.30. The number of hydrogen-bond acceptors (Lipinski definition) is 3. The summed E-state index contributed by atoms with van der Waals surface area (Å²) in [6.45, 7) is 4.71. The Balaban J connectivity index is 1.15. The number of fused-ring (bicyclic) bond motifs is 5. The van der Waals surface area contributed by atoms with Crippen LogP contribution in [0.3, 0.4) is 0 Å². The quantitative estimate of drug-likeness (QED) is 0.181. The average molecular weight is 681 g/mol. The fraction of sp³-hybridized carbons (Fsp3) is 0.0612. The van der Waals surface area contributed by atoms with E-state index in [0.29, 0.717) is 5.82 Å². The minimum Gasteiger partial charge on any atom is -0.310 e. The molecule has 0 amide bonds. The molecule has 1 aliphatic rings. The number of para-hydroxylation sites is 3. The largest absolute Gasteiger partial charge is 0.310 e. The smallest absolute Gasteiger partial charge is 0.160 e. The summed E-state index contributed by atoms with van der Waals surface area (Å²) in [5, 5.41) is 2.46. The van der Waals surface area contributed by atoms with Gasteiger partial charge >= 0.3 is 0 Å². The Labute approximate surface area is 309 Å². The normalized spacial score (nSPS) is 13.2. The van der Waals surface area contributed by atoms with Crippen molar-refractivity contribution in [3.05, 3.63) is 193 Å². The molecule has 4 nitrogen and oxygen atoms in total. The maximum Gasteiger partial charge on any atom is 0.160 e. The Hall–Kier alpha value is -6.78. The Morgan fingerprint density at radius 1 is 0.415 bits per heavy atom. The van der Waals surface area contributed by atoms with Crippen molar-refractivity contribution < 1.29 is 0 Å². The SMILES string of the molecule is CC1(C)c2ccccc2N(c2ccccc2)c2cc3c4ccccc4n(-c4ccc(-c5cc(-c6ccccc6)nc(-c6ccccc6)n5)cc4)c3cc21. The van der Waals surface area contributed by atoms with Gasteiger partial charge in [0.25, 0.3) is 0 Å². The van der Waals surface area contributed by atoms with Crippen LogP contribution >= 0.6 is 0 Å². The first-order valence-corrected chi connectivity index (χ1v) is 18.2. The number of hydrogen-bond donors (Lipinski definition) is 0. The van der Waals surface area contributed by atoms with E-state index in [1.54, 1.807) is 0 Å². The molecule has 0 N–H and O–H groups in total. The third-order valence-electron chi connectivity index (χ3n) is 10.8. The van der Waals surface area contributed by atoms with Gasteiger partial charge < -0.3 is 9.47 Å². The minimum atomic E-state index is -0.212. The molecule has 4 heteroatoms. The highest BCUT2D eigenvalue weighted by Crippen LogP contribution is 2.53. The van der Waals surface area contributed by atoms with E-state index in [4.69, 9.17) is 9.97 Å². The molecule has 0 radical (unpaired) electrons. The van der Waals surface area contributed by atoms with Crippen molar-refractivity contribution in [3.8, 4) is 39.6 Å². The molecule has 0 fully saturated rings. The maximum absolute atomic E-state index is 5.08. The van der Waals surface area contributed by atoms with Crippen LogP contribution in [-0.2, 0) is 5.41 Å². The van der Waals surface area contributed by atoms with Crippen LogP contribution < -0.4 is 4.90 Å². The predicted octanol–water partition coefficient (Wildman–Crippen LogP) is 12.7. The Kier molecular flexibility index (Phi) is 7.12. The molecular weight excluding hydrogens is 645 g/mol. The zero-order valence-electron chi connectivity index (χ0n) is 29.6. The zero-order valence-corrected chi connectivity index (χ0v) is 29.6. The Bertz CT molecular complexity index is 2730. The topological polar surface area (TPSA) is 34.0 Å². The first kappa shape index (κ1) is 31.0. The van der Waals surface area contributed by atoms with Crippen LogP contribution in [0.1, 0.15) is 25.0 Å². The molecule has 0 saturated carbocycles. The zero-order chi connectivity index (χ0) is 35.5. The lowest BCUT2D eigenvalue weighted by Gasteiger charge is -2.42. The molecule has 2 aromatic heterocycles. The second-order valence-corrected chi connectivity index (χ2v) is 14.3. The lowest BCUT2D eigenvalue weighted by molar-refractivity contribution is 0.632. The highest BCUT2D eigenvalue weighted by atomic mass is 15.2. The summed E-state index contributed by atoms with van der Waals surface area (Å²) in [6, 6.07) is 64.7.